The fourth-order valence-electron chi connectivity index (χ4n) is 4.73. The molecule has 32 heavy (non-hydrogen) atoms. The van der Waals surface area contributed by atoms with Gasteiger partial charge in [0.2, 0.25) is 0 Å². The second-order valence-electron chi connectivity index (χ2n) is 9.93. The summed E-state index contributed by atoms with van der Waals surface area (Å²) in [7, 11) is -0.381. The van der Waals surface area contributed by atoms with E-state index < -0.39 is 0 Å². The molecule has 2 aliphatic rings. The van der Waals surface area contributed by atoms with Crippen molar-refractivity contribution in [1.82, 2.24) is 4.57 Å². The Morgan fingerprint density at radius 2 is 1.44 bits per heavy atom. The minimum atomic E-state index is -0.381. The number of nitrogens with zero attached hydrogens (tertiary/aromatic N) is 1. The van der Waals surface area contributed by atoms with Crippen LogP contribution in [-0.4, -0.2) is 22.9 Å². The highest BCUT2D eigenvalue weighted by Crippen LogP contribution is 2.46. The maximum absolute atomic E-state index is 6.36. The zero-order valence-electron chi connectivity index (χ0n) is 18.9. The van der Waals surface area contributed by atoms with Gasteiger partial charge >= 0.3 is 7.12 Å². The summed E-state index contributed by atoms with van der Waals surface area (Å²) in [6, 6.07) is 17.3. The van der Waals surface area contributed by atoms with Gasteiger partial charge in [0, 0.05) is 10.8 Å². The first-order chi connectivity index (χ1) is 14.6. The Balaban J connectivity index is 0.00000216. The van der Waals surface area contributed by atoms with Crippen LogP contribution in [-0.2, 0) is 9.31 Å². The third kappa shape index (κ3) is 2.77. The number of benzene rings is 3. The van der Waals surface area contributed by atoms with Crippen LogP contribution in [0.1, 0.15) is 46.2 Å². The van der Waals surface area contributed by atoms with Gasteiger partial charge in [0.1, 0.15) is 0 Å². The molecule has 3 aromatic carbocycles. The van der Waals surface area contributed by atoms with Crippen LogP contribution >= 0.6 is 0 Å². The van der Waals surface area contributed by atoms with Crippen LogP contribution in [0.4, 0.5) is 0 Å². The van der Waals surface area contributed by atoms with Crippen molar-refractivity contribution >= 4 is 34.4 Å². The first-order valence-corrected chi connectivity index (χ1v) is 10.9. The van der Waals surface area contributed by atoms with Crippen molar-refractivity contribution in [3.05, 3.63) is 59.7 Å². The van der Waals surface area contributed by atoms with Crippen molar-refractivity contribution in [2.75, 3.05) is 0 Å². The van der Waals surface area contributed by atoms with Crippen LogP contribution in [0.5, 0.6) is 11.5 Å². The summed E-state index contributed by atoms with van der Waals surface area (Å²) in [6.45, 7) is 12.6. The largest absolute Gasteiger partial charge is 0.494 e. The number of fused-ring (bicyclic) bond motifs is 5. The number of aryl methyl sites for hydroxylation is 2. The molecule has 0 amide bonds. The van der Waals surface area contributed by atoms with Crippen molar-refractivity contribution in [2.45, 2.75) is 60.2 Å². The van der Waals surface area contributed by atoms with E-state index in [9.17, 15) is 0 Å². The topological polar surface area (TPSA) is 32.6 Å². The van der Waals surface area contributed by atoms with Gasteiger partial charge in [-0.3, -0.25) is 0 Å². The summed E-state index contributed by atoms with van der Waals surface area (Å²) >= 11 is 0. The van der Waals surface area contributed by atoms with E-state index in [-0.39, 0.29) is 25.7 Å². The molecular formula is C27H30BNO3. The molecule has 0 saturated carbocycles. The number of rotatable bonds is 1. The van der Waals surface area contributed by atoms with Gasteiger partial charge in [-0.2, -0.15) is 0 Å². The number of hydrogen-bond donors (Lipinski definition) is 0. The Labute approximate surface area is 190 Å². The Morgan fingerprint density at radius 3 is 2.16 bits per heavy atom. The average Bonchev–Trinajstić information content (AvgIpc) is 3.12. The molecule has 4 nitrogen and oxygen atoms in total. The van der Waals surface area contributed by atoms with E-state index in [1.807, 2.05) is 0 Å². The first kappa shape index (κ1) is 21.1. The second-order valence-corrected chi connectivity index (χ2v) is 9.93. The van der Waals surface area contributed by atoms with Gasteiger partial charge in [-0.25, -0.2) is 0 Å². The van der Waals surface area contributed by atoms with Gasteiger partial charge in [0.25, 0.3) is 0 Å². The standard InChI is InChI=1S/C26H26BNO3.CH4/c1-15-7-9-21-22(12-15)29-23-13-16(2)11-19-18-14-17(8-10-20(18)28(21)24(19)23)27-30-25(3,4)26(5,6)31-27;/h7-14H,1-6H3;1H4. The van der Waals surface area contributed by atoms with Gasteiger partial charge < -0.3 is 18.6 Å². The Bertz CT molecular complexity index is 1380. The molecule has 3 heterocycles. The lowest BCUT2D eigenvalue weighted by Gasteiger charge is -2.32. The molecule has 0 unspecified atom stereocenters. The zero-order valence-corrected chi connectivity index (χ0v) is 18.9. The normalized spacial score (nSPS) is 17.9. The van der Waals surface area contributed by atoms with E-state index in [4.69, 9.17) is 14.0 Å². The number of ether oxygens (including phenoxy) is 1. The highest BCUT2D eigenvalue weighted by molar-refractivity contribution is 6.62. The lowest BCUT2D eigenvalue weighted by Crippen LogP contribution is -2.41. The van der Waals surface area contributed by atoms with E-state index in [1.54, 1.807) is 0 Å². The summed E-state index contributed by atoms with van der Waals surface area (Å²) in [4.78, 5) is 0. The average molecular weight is 427 g/mol. The SMILES string of the molecule is C.Cc1ccc2c(c1)Oc1cc(C)cc3c4cc(B5OC(C)(C)C(C)(C)O5)ccc4n-2c13. The summed E-state index contributed by atoms with van der Waals surface area (Å²) in [5.41, 5.74) is 6.03. The molecular weight excluding hydrogens is 397 g/mol. The van der Waals surface area contributed by atoms with Crippen LogP contribution < -0.4 is 10.2 Å². The van der Waals surface area contributed by atoms with E-state index in [2.05, 4.69) is 94.6 Å². The monoisotopic (exact) mass is 427 g/mol. The molecule has 164 valence electrons. The zero-order chi connectivity index (χ0) is 21.7. The van der Waals surface area contributed by atoms with E-state index >= 15 is 0 Å². The van der Waals surface area contributed by atoms with Crippen LogP contribution in [0, 0.1) is 13.8 Å². The Kier molecular flexibility index (Phi) is 4.37. The molecule has 0 spiro atoms. The van der Waals surface area contributed by atoms with Crippen molar-refractivity contribution in [1.29, 1.82) is 0 Å². The molecule has 2 aliphatic heterocycles. The van der Waals surface area contributed by atoms with Crippen LogP contribution in [0.15, 0.2) is 48.5 Å². The third-order valence-corrected chi connectivity index (χ3v) is 7.10. The number of hydrogen-bond acceptors (Lipinski definition) is 3. The van der Waals surface area contributed by atoms with Crippen LogP contribution in [0.2, 0.25) is 0 Å². The van der Waals surface area contributed by atoms with Gasteiger partial charge in [-0.1, -0.05) is 25.6 Å². The van der Waals surface area contributed by atoms with E-state index in [1.165, 1.54) is 21.9 Å². The minimum Gasteiger partial charge on any atom is -0.453 e. The quantitative estimate of drug-likeness (QED) is 0.289. The molecule has 0 N–H and O–H groups in total. The Morgan fingerprint density at radius 1 is 0.750 bits per heavy atom. The number of aromatic nitrogens is 1. The molecule has 0 bridgehead atoms. The van der Waals surface area contributed by atoms with Gasteiger partial charge in [0.15, 0.2) is 11.5 Å². The molecule has 1 fully saturated rings. The van der Waals surface area contributed by atoms with Crippen molar-refractivity contribution in [3.63, 3.8) is 0 Å². The molecule has 0 aliphatic carbocycles. The van der Waals surface area contributed by atoms with Crippen LogP contribution in [0.25, 0.3) is 27.5 Å². The first-order valence-electron chi connectivity index (χ1n) is 10.9. The highest BCUT2D eigenvalue weighted by Gasteiger charge is 2.51. The molecule has 4 aromatic rings. The van der Waals surface area contributed by atoms with Gasteiger partial charge in [0.05, 0.1) is 27.9 Å². The van der Waals surface area contributed by atoms with Gasteiger partial charge in [-0.15, -0.1) is 0 Å². The molecule has 0 radical (unpaired) electrons. The van der Waals surface area contributed by atoms with E-state index in [0.29, 0.717) is 0 Å². The fraction of sp³-hybridized carbons (Fsp3) is 0.333. The van der Waals surface area contributed by atoms with Crippen molar-refractivity contribution in [3.8, 4) is 17.2 Å². The summed E-state index contributed by atoms with van der Waals surface area (Å²) in [5.74, 6) is 1.80. The predicted molar refractivity (Wildman–Crippen MR) is 133 cm³/mol. The summed E-state index contributed by atoms with van der Waals surface area (Å²) in [5, 5.41) is 2.37. The molecule has 5 heteroatoms. The smallest absolute Gasteiger partial charge is 0.453 e. The second kappa shape index (κ2) is 6.63. The lowest BCUT2D eigenvalue weighted by molar-refractivity contribution is 0.00578. The predicted octanol–water partition coefficient (Wildman–Crippen LogP) is 6.44. The third-order valence-electron chi connectivity index (χ3n) is 7.10. The van der Waals surface area contributed by atoms with Crippen molar-refractivity contribution in [2.24, 2.45) is 0 Å². The van der Waals surface area contributed by atoms with Crippen LogP contribution in [0.3, 0.4) is 0 Å². The molecule has 1 aromatic heterocycles. The minimum absolute atomic E-state index is 0. The fourth-order valence-corrected chi connectivity index (χ4v) is 4.73. The van der Waals surface area contributed by atoms with E-state index in [0.717, 1.165) is 33.7 Å². The van der Waals surface area contributed by atoms with Crippen molar-refractivity contribution < 1.29 is 14.0 Å². The maximum atomic E-state index is 6.36. The Hall–Kier alpha value is -2.76. The lowest BCUT2D eigenvalue weighted by atomic mass is 9.78. The molecule has 0 atom stereocenters. The van der Waals surface area contributed by atoms with Gasteiger partial charge in [-0.05, 0) is 88.5 Å². The summed E-state index contributed by atoms with van der Waals surface area (Å²) < 4.78 is 21.3. The summed E-state index contributed by atoms with van der Waals surface area (Å²) in [6.07, 6.45) is 0. The highest BCUT2D eigenvalue weighted by atomic mass is 16.7. The molecule has 1 saturated heterocycles. The molecule has 6 rings (SSSR count). The maximum Gasteiger partial charge on any atom is 0.494 e.